The summed E-state index contributed by atoms with van der Waals surface area (Å²) in [6, 6.07) is 18.5. The zero-order valence-electron chi connectivity index (χ0n) is 15.0. The molecule has 1 N–H and O–H groups in total. The number of phenolic OH excluding ortho intramolecular Hbond substituents is 1. The van der Waals surface area contributed by atoms with Crippen molar-refractivity contribution in [3.63, 3.8) is 0 Å². The van der Waals surface area contributed by atoms with Crippen LogP contribution in [0.5, 0.6) is 17.2 Å². The maximum absolute atomic E-state index is 9.94. The third-order valence-electron chi connectivity index (χ3n) is 5.26. The van der Waals surface area contributed by atoms with Crippen molar-refractivity contribution in [2.24, 2.45) is 0 Å². The van der Waals surface area contributed by atoms with Crippen LogP contribution in [0.15, 0.2) is 54.6 Å². The summed E-state index contributed by atoms with van der Waals surface area (Å²) in [6.07, 6.45) is 2.37. The summed E-state index contributed by atoms with van der Waals surface area (Å²) >= 11 is 0. The lowest BCUT2D eigenvalue weighted by Gasteiger charge is -2.22. The fourth-order valence-electron chi connectivity index (χ4n) is 3.83. The summed E-state index contributed by atoms with van der Waals surface area (Å²) in [5.74, 6) is 1.81. The van der Waals surface area contributed by atoms with Gasteiger partial charge in [-0.05, 0) is 67.3 Å². The van der Waals surface area contributed by atoms with Crippen molar-refractivity contribution >= 4 is 11.1 Å². The summed E-state index contributed by atoms with van der Waals surface area (Å²) in [4.78, 5) is 0. The molecule has 0 amide bonds. The van der Waals surface area contributed by atoms with Gasteiger partial charge in [-0.2, -0.15) is 0 Å². The third-order valence-corrected chi connectivity index (χ3v) is 5.26. The molecule has 2 heteroatoms. The molecule has 1 aliphatic heterocycles. The number of phenols is 1. The Bertz CT molecular complexity index is 1180. The number of rotatable bonds is 1. The molecule has 5 rings (SSSR count). The molecule has 0 bridgehead atoms. The van der Waals surface area contributed by atoms with E-state index in [1.807, 2.05) is 6.07 Å². The predicted octanol–water partition coefficient (Wildman–Crippen LogP) is 4.31. The van der Waals surface area contributed by atoms with Crippen LogP contribution in [0.4, 0.5) is 0 Å². The van der Waals surface area contributed by atoms with Gasteiger partial charge in [-0.1, -0.05) is 35.4 Å². The summed E-state index contributed by atoms with van der Waals surface area (Å²) in [5.41, 5.74) is 7.39. The lowest BCUT2D eigenvalue weighted by molar-refractivity contribution is 0.450. The summed E-state index contributed by atoms with van der Waals surface area (Å²) in [6.45, 7) is 4.27. The normalized spacial score (nSPS) is 14.5. The Kier molecular flexibility index (Phi) is 3.23. The molecule has 2 aliphatic rings. The zero-order chi connectivity index (χ0) is 17.8. The summed E-state index contributed by atoms with van der Waals surface area (Å²) in [7, 11) is 0. The standard InChI is InChI=1S/C24H20O2/c1-14-3-8-19(15(2)11-14)24-20-9-6-17(16-4-5-16)12-22(20)26-23-13-18(25)7-10-21(23)24/h3,6-13,25H,4-5H2,1-2H3. The molecule has 0 radical (unpaired) electrons. The van der Waals surface area contributed by atoms with Crippen LogP contribution >= 0.6 is 0 Å². The van der Waals surface area contributed by atoms with Crippen LogP contribution in [0.2, 0.25) is 0 Å². The first kappa shape index (κ1) is 15.3. The van der Waals surface area contributed by atoms with E-state index in [1.54, 1.807) is 12.1 Å². The van der Waals surface area contributed by atoms with Gasteiger partial charge < -0.3 is 9.84 Å². The van der Waals surface area contributed by atoms with Gasteiger partial charge in [-0.15, -0.1) is 0 Å². The van der Waals surface area contributed by atoms with E-state index in [-0.39, 0.29) is 5.75 Å². The van der Waals surface area contributed by atoms with Gasteiger partial charge in [0.2, 0.25) is 0 Å². The monoisotopic (exact) mass is 340 g/mol. The molecule has 3 aromatic rings. The first-order valence-electron chi connectivity index (χ1n) is 9.05. The highest BCUT2D eigenvalue weighted by Gasteiger charge is 2.22. The molecule has 1 fully saturated rings. The Morgan fingerprint density at radius 1 is 0.808 bits per heavy atom. The maximum Gasteiger partial charge on any atom is 0.139 e. The molecule has 0 saturated heterocycles. The lowest BCUT2D eigenvalue weighted by atomic mass is 9.89. The average Bonchev–Trinajstić information content (AvgIpc) is 3.45. The molecule has 128 valence electrons. The molecule has 0 aromatic heterocycles. The molecule has 0 atom stereocenters. The van der Waals surface area contributed by atoms with E-state index in [9.17, 15) is 5.11 Å². The van der Waals surface area contributed by atoms with Gasteiger partial charge in [-0.3, -0.25) is 0 Å². The van der Waals surface area contributed by atoms with Gasteiger partial charge in [-0.25, -0.2) is 0 Å². The maximum atomic E-state index is 9.94. The van der Waals surface area contributed by atoms with Crippen LogP contribution in [0.1, 0.15) is 35.1 Å². The topological polar surface area (TPSA) is 29.5 Å². The van der Waals surface area contributed by atoms with E-state index < -0.39 is 0 Å². The SMILES string of the molecule is Cc1ccc(C2=c3ccc(=C4CC4)cc3Oc3cc(O)ccc32)c(C)c1. The van der Waals surface area contributed by atoms with Crippen LogP contribution in [0.25, 0.3) is 11.1 Å². The number of fused-ring (bicyclic) bond motifs is 2. The van der Waals surface area contributed by atoms with Gasteiger partial charge >= 0.3 is 0 Å². The van der Waals surface area contributed by atoms with Crippen molar-refractivity contribution in [1.29, 1.82) is 0 Å². The predicted molar refractivity (Wildman–Crippen MR) is 104 cm³/mol. The number of ether oxygens (including phenoxy) is 1. The number of aromatic hydroxyl groups is 1. The van der Waals surface area contributed by atoms with Crippen LogP contribution in [-0.2, 0) is 0 Å². The van der Waals surface area contributed by atoms with E-state index in [0.717, 1.165) is 16.5 Å². The average molecular weight is 340 g/mol. The minimum Gasteiger partial charge on any atom is -0.508 e. The summed E-state index contributed by atoms with van der Waals surface area (Å²) < 4.78 is 6.20. The fraction of sp³-hybridized carbons (Fsp3) is 0.167. The van der Waals surface area contributed by atoms with Gasteiger partial charge in [0.1, 0.15) is 17.2 Å². The first-order chi connectivity index (χ1) is 12.6. The minimum absolute atomic E-state index is 0.222. The second kappa shape index (κ2) is 5.50. The molecule has 1 saturated carbocycles. The first-order valence-corrected chi connectivity index (χ1v) is 9.05. The smallest absolute Gasteiger partial charge is 0.139 e. The van der Waals surface area contributed by atoms with E-state index in [1.165, 1.54) is 45.9 Å². The quantitative estimate of drug-likeness (QED) is 0.560. The van der Waals surface area contributed by atoms with Crippen molar-refractivity contribution in [2.45, 2.75) is 26.7 Å². The van der Waals surface area contributed by atoms with E-state index in [4.69, 9.17) is 4.74 Å². The van der Waals surface area contributed by atoms with Crippen molar-refractivity contribution < 1.29 is 9.84 Å². The minimum atomic E-state index is 0.222. The Labute approximate surface area is 152 Å². The van der Waals surface area contributed by atoms with Crippen LogP contribution in [0.3, 0.4) is 0 Å². The third kappa shape index (κ3) is 2.41. The molecule has 0 spiro atoms. The summed E-state index contributed by atoms with van der Waals surface area (Å²) in [5, 5.41) is 12.3. The van der Waals surface area contributed by atoms with Crippen LogP contribution in [-0.4, -0.2) is 5.11 Å². The Morgan fingerprint density at radius 2 is 1.62 bits per heavy atom. The van der Waals surface area contributed by atoms with Gasteiger partial charge in [0.25, 0.3) is 0 Å². The van der Waals surface area contributed by atoms with E-state index >= 15 is 0 Å². The van der Waals surface area contributed by atoms with Gasteiger partial charge in [0.05, 0.1) is 0 Å². The zero-order valence-corrected chi connectivity index (χ0v) is 15.0. The highest BCUT2D eigenvalue weighted by atomic mass is 16.5. The highest BCUT2D eigenvalue weighted by Crippen LogP contribution is 2.39. The number of aryl methyl sites for hydroxylation is 2. The van der Waals surface area contributed by atoms with Gasteiger partial charge in [0.15, 0.2) is 0 Å². The number of benzene rings is 3. The van der Waals surface area contributed by atoms with Crippen molar-refractivity contribution in [1.82, 2.24) is 0 Å². The molecule has 1 heterocycles. The second-order valence-corrected chi connectivity index (χ2v) is 7.29. The Hall–Kier alpha value is -3.00. The second-order valence-electron chi connectivity index (χ2n) is 7.29. The van der Waals surface area contributed by atoms with Gasteiger partial charge in [0, 0.05) is 22.4 Å². The van der Waals surface area contributed by atoms with Crippen LogP contribution in [0, 0.1) is 13.8 Å². The highest BCUT2D eigenvalue weighted by molar-refractivity contribution is 5.86. The number of hydrogen-bond acceptors (Lipinski definition) is 2. The molecule has 26 heavy (non-hydrogen) atoms. The Balaban J connectivity index is 1.89. The Morgan fingerprint density at radius 3 is 2.38 bits per heavy atom. The molecular weight excluding hydrogens is 320 g/mol. The fourth-order valence-corrected chi connectivity index (χ4v) is 3.83. The number of hydrogen-bond donors (Lipinski definition) is 1. The van der Waals surface area contributed by atoms with Crippen LogP contribution < -0.4 is 15.2 Å². The van der Waals surface area contributed by atoms with Crippen molar-refractivity contribution in [3.05, 3.63) is 87.3 Å². The van der Waals surface area contributed by atoms with Crippen molar-refractivity contribution in [3.8, 4) is 17.2 Å². The van der Waals surface area contributed by atoms with E-state index in [2.05, 4.69) is 50.2 Å². The molecular formula is C24H20O2. The molecule has 2 nitrogen and oxygen atoms in total. The largest absolute Gasteiger partial charge is 0.508 e. The molecule has 0 unspecified atom stereocenters. The molecule has 3 aromatic carbocycles. The molecule has 1 aliphatic carbocycles. The van der Waals surface area contributed by atoms with Crippen molar-refractivity contribution in [2.75, 3.05) is 0 Å². The van der Waals surface area contributed by atoms with E-state index in [0.29, 0.717) is 5.75 Å². The lowest BCUT2D eigenvalue weighted by Crippen LogP contribution is -2.20.